The Hall–Kier alpha value is -5.06. The van der Waals surface area contributed by atoms with Crippen LogP contribution in [0.25, 0.3) is 6.08 Å². The smallest absolute Gasteiger partial charge is 0.373 e. The third-order valence-corrected chi connectivity index (χ3v) is 5.39. The highest BCUT2D eigenvalue weighted by atomic mass is 16.5. The van der Waals surface area contributed by atoms with E-state index in [0.29, 0.717) is 22.6 Å². The van der Waals surface area contributed by atoms with Gasteiger partial charge in [0.25, 0.3) is 5.91 Å². The largest absolute Gasteiger partial charge is 0.493 e. The summed E-state index contributed by atoms with van der Waals surface area (Å²) in [5, 5.41) is 11.7. The van der Waals surface area contributed by atoms with Crippen molar-refractivity contribution in [2.45, 2.75) is 13.2 Å². The van der Waals surface area contributed by atoms with E-state index < -0.39 is 23.9 Å². The van der Waals surface area contributed by atoms with E-state index >= 15 is 0 Å². The zero-order valence-electron chi connectivity index (χ0n) is 19.8. The molecular formula is C26H22N2O9. The quantitative estimate of drug-likeness (QED) is 0.253. The number of benzene rings is 2. The summed E-state index contributed by atoms with van der Waals surface area (Å²) < 4.78 is 21.1. The highest BCUT2D eigenvalue weighted by Gasteiger charge is 2.34. The lowest BCUT2D eigenvalue weighted by molar-refractivity contribution is -0.123. The maximum atomic E-state index is 12.8. The molecule has 0 bridgehead atoms. The van der Waals surface area contributed by atoms with Crippen LogP contribution in [0.4, 0.5) is 4.79 Å². The van der Waals surface area contributed by atoms with E-state index in [-0.39, 0.29) is 35.9 Å². The summed E-state index contributed by atoms with van der Waals surface area (Å²) in [6, 6.07) is 13.6. The summed E-state index contributed by atoms with van der Waals surface area (Å²) in [5.41, 5.74) is 1.44. The Kier molecular flexibility index (Phi) is 7.23. The fraction of sp³-hybridized carbons (Fsp3) is 0.154. The Morgan fingerprint density at radius 3 is 2.59 bits per heavy atom. The van der Waals surface area contributed by atoms with Gasteiger partial charge in [0.15, 0.2) is 11.5 Å². The molecule has 1 fully saturated rings. The minimum atomic E-state index is -1.03. The lowest BCUT2D eigenvalue weighted by atomic mass is 10.1. The molecule has 1 aromatic heterocycles. The van der Waals surface area contributed by atoms with Crippen molar-refractivity contribution in [2.75, 3.05) is 14.2 Å². The first-order chi connectivity index (χ1) is 17.8. The van der Waals surface area contributed by atoms with Crippen LogP contribution in [0.2, 0.25) is 0 Å². The molecular weight excluding hydrogens is 484 g/mol. The Balaban J connectivity index is 1.46. The number of ether oxygens (including phenoxy) is 3. The number of methoxy groups -OCH3 is 2. The monoisotopic (exact) mass is 506 g/mol. The summed E-state index contributed by atoms with van der Waals surface area (Å²) in [7, 11) is 2.67. The van der Waals surface area contributed by atoms with E-state index in [1.807, 2.05) is 0 Å². The molecule has 3 aromatic rings. The number of nitrogens with zero attached hydrogens (tertiary/aromatic N) is 1. The van der Waals surface area contributed by atoms with Gasteiger partial charge in [0.05, 0.1) is 26.3 Å². The number of urea groups is 1. The second kappa shape index (κ2) is 10.7. The summed E-state index contributed by atoms with van der Waals surface area (Å²) in [6.07, 6.45) is 1.49. The number of hydrogen-bond donors (Lipinski definition) is 2. The number of nitrogens with one attached hydrogen (secondary N) is 1. The van der Waals surface area contributed by atoms with Gasteiger partial charge in [-0.25, -0.2) is 14.4 Å². The van der Waals surface area contributed by atoms with Gasteiger partial charge in [-0.15, -0.1) is 0 Å². The average Bonchev–Trinajstić information content (AvgIpc) is 3.47. The molecule has 4 rings (SSSR count). The first kappa shape index (κ1) is 25.0. The van der Waals surface area contributed by atoms with Crippen molar-refractivity contribution in [3.8, 4) is 11.5 Å². The normalized spacial score (nSPS) is 14.0. The van der Waals surface area contributed by atoms with Crippen LogP contribution < -0.4 is 14.8 Å². The molecule has 0 atom stereocenters. The van der Waals surface area contributed by atoms with E-state index in [4.69, 9.17) is 19.0 Å². The minimum Gasteiger partial charge on any atom is -0.493 e. The highest BCUT2D eigenvalue weighted by molar-refractivity contribution is 6.13. The number of hydrogen-bond acceptors (Lipinski definition) is 8. The van der Waals surface area contributed by atoms with Crippen LogP contribution in [0.15, 0.2) is 64.7 Å². The molecule has 2 heterocycles. The van der Waals surface area contributed by atoms with Crippen molar-refractivity contribution in [3.63, 3.8) is 0 Å². The summed E-state index contributed by atoms with van der Waals surface area (Å²) in [4.78, 5) is 48.9. The highest BCUT2D eigenvalue weighted by Crippen LogP contribution is 2.30. The van der Waals surface area contributed by atoms with Crippen molar-refractivity contribution in [1.29, 1.82) is 0 Å². The predicted octanol–water partition coefficient (Wildman–Crippen LogP) is 3.44. The number of furan rings is 1. The van der Waals surface area contributed by atoms with Gasteiger partial charge in [0, 0.05) is 0 Å². The maximum absolute atomic E-state index is 12.8. The molecule has 2 N–H and O–H groups in total. The molecule has 0 unspecified atom stereocenters. The number of carbonyl (C=O) groups is 4. The summed E-state index contributed by atoms with van der Waals surface area (Å²) in [6.45, 7) is -0.0515. The standard InChI is InChI=1S/C26H22N2O9/c1-34-22-12-15(6-8-20(22)36-14-16-4-3-5-17(10-16)24(30)31)11-19-23(29)28(26(33)27-19)13-18-7-9-21(37-18)25(32)35-2/h3-12H,13-14H2,1-2H3,(H,27,33)(H,30,31)/b19-11+. The van der Waals surface area contributed by atoms with E-state index in [1.165, 1.54) is 44.6 Å². The van der Waals surface area contributed by atoms with E-state index in [9.17, 15) is 19.2 Å². The minimum absolute atomic E-state index is 0.0377. The average molecular weight is 506 g/mol. The number of amides is 3. The molecule has 11 heteroatoms. The molecule has 0 radical (unpaired) electrons. The molecule has 3 amide bonds. The van der Waals surface area contributed by atoms with Gasteiger partial charge in [-0.2, -0.15) is 0 Å². The fourth-order valence-electron chi connectivity index (χ4n) is 3.56. The number of carboxylic acid groups (broad SMARTS) is 1. The van der Waals surface area contributed by atoms with Crippen LogP contribution >= 0.6 is 0 Å². The Morgan fingerprint density at radius 1 is 1.05 bits per heavy atom. The third kappa shape index (κ3) is 5.61. The number of imide groups is 1. The van der Waals surface area contributed by atoms with Crippen LogP contribution in [-0.4, -0.2) is 48.1 Å². The molecule has 0 saturated carbocycles. The van der Waals surface area contributed by atoms with Crippen LogP contribution in [0, 0.1) is 0 Å². The Labute approximate surface area is 210 Å². The topological polar surface area (TPSA) is 145 Å². The van der Waals surface area contributed by atoms with Crippen LogP contribution in [0.5, 0.6) is 11.5 Å². The van der Waals surface area contributed by atoms with Crippen LogP contribution in [0.1, 0.15) is 37.8 Å². The molecule has 0 spiro atoms. The Morgan fingerprint density at radius 2 is 1.86 bits per heavy atom. The van der Waals surface area contributed by atoms with Crippen LogP contribution in [0.3, 0.4) is 0 Å². The zero-order chi connectivity index (χ0) is 26.5. The first-order valence-electron chi connectivity index (χ1n) is 10.9. The van der Waals surface area contributed by atoms with Gasteiger partial charge in [0.1, 0.15) is 18.1 Å². The van der Waals surface area contributed by atoms with E-state index in [2.05, 4.69) is 10.1 Å². The summed E-state index contributed by atoms with van der Waals surface area (Å²) in [5.74, 6) is -1.28. The number of carboxylic acids is 1. The lowest BCUT2D eigenvalue weighted by Gasteiger charge is -2.12. The first-order valence-corrected chi connectivity index (χ1v) is 10.9. The lowest BCUT2D eigenvalue weighted by Crippen LogP contribution is -2.30. The Bertz CT molecular complexity index is 1410. The van der Waals surface area contributed by atoms with Gasteiger partial charge in [0.2, 0.25) is 5.76 Å². The fourth-order valence-corrected chi connectivity index (χ4v) is 3.56. The number of esters is 1. The van der Waals surface area contributed by atoms with Crippen molar-refractivity contribution in [1.82, 2.24) is 10.2 Å². The van der Waals surface area contributed by atoms with Crippen molar-refractivity contribution in [3.05, 3.63) is 88.5 Å². The second-order valence-corrected chi connectivity index (χ2v) is 7.84. The van der Waals surface area contributed by atoms with Crippen molar-refractivity contribution in [2.24, 2.45) is 0 Å². The number of aromatic carboxylic acids is 1. The molecule has 1 aliphatic rings. The molecule has 11 nitrogen and oxygen atoms in total. The van der Waals surface area contributed by atoms with E-state index in [0.717, 1.165) is 4.90 Å². The van der Waals surface area contributed by atoms with Gasteiger partial charge in [-0.3, -0.25) is 9.69 Å². The SMILES string of the molecule is COC(=O)c1ccc(CN2C(=O)N/C(=C/c3ccc(OCc4cccc(C(=O)O)c4)c(OC)c3)C2=O)o1. The maximum Gasteiger partial charge on any atom is 0.373 e. The van der Waals surface area contributed by atoms with Gasteiger partial charge in [-0.1, -0.05) is 18.2 Å². The molecule has 0 aliphatic carbocycles. The molecule has 2 aromatic carbocycles. The molecule has 190 valence electrons. The summed E-state index contributed by atoms with van der Waals surface area (Å²) >= 11 is 0. The van der Waals surface area contributed by atoms with Gasteiger partial charge in [-0.05, 0) is 53.6 Å². The predicted molar refractivity (Wildman–Crippen MR) is 128 cm³/mol. The molecule has 1 saturated heterocycles. The number of rotatable bonds is 9. The van der Waals surface area contributed by atoms with Gasteiger partial charge < -0.3 is 29.1 Å². The molecule has 1 aliphatic heterocycles. The number of carbonyl (C=O) groups excluding carboxylic acids is 3. The van der Waals surface area contributed by atoms with Crippen LogP contribution in [-0.2, 0) is 22.7 Å². The second-order valence-electron chi connectivity index (χ2n) is 7.84. The molecule has 37 heavy (non-hydrogen) atoms. The zero-order valence-corrected chi connectivity index (χ0v) is 19.8. The van der Waals surface area contributed by atoms with Crippen molar-refractivity contribution >= 4 is 30.0 Å². The third-order valence-electron chi connectivity index (χ3n) is 5.39. The van der Waals surface area contributed by atoms with Crippen molar-refractivity contribution < 1.29 is 42.9 Å². The van der Waals surface area contributed by atoms with E-state index in [1.54, 1.807) is 30.3 Å². The van der Waals surface area contributed by atoms with Gasteiger partial charge >= 0.3 is 18.0 Å².